The Balaban J connectivity index is 2.39. The molecular formula is C12H16ClFO3. The van der Waals surface area contributed by atoms with E-state index >= 15 is 0 Å². The molecule has 1 N–H and O–H groups in total. The average Bonchev–Trinajstić information content (AvgIpc) is 2.25. The fourth-order valence-electron chi connectivity index (χ4n) is 1.13. The van der Waals surface area contributed by atoms with Gasteiger partial charge in [0.1, 0.15) is 24.3 Å². The van der Waals surface area contributed by atoms with Crippen LogP contribution < -0.4 is 4.74 Å². The summed E-state index contributed by atoms with van der Waals surface area (Å²) in [5.41, 5.74) is 0. The standard InChI is InChI=1S/C12H16ClFO3/c1-8(2)16-6-10(15)7-17-12-4-3-9(14)5-11(12)13/h3-5,8,10,15H,6-7H2,1-2H3/t10-/m1/s1. The molecule has 0 fully saturated rings. The lowest BCUT2D eigenvalue weighted by atomic mass is 10.3. The molecular weight excluding hydrogens is 247 g/mol. The van der Waals surface area contributed by atoms with Gasteiger partial charge < -0.3 is 14.6 Å². The first-order chi connectivity index (χ1) is 7.99. The summed E-state index contributed by atoms with van der Waals surface area (Å²) < 4.78 is 23.2. The van der Waals surface area contributed by atoms with Crippen molar-refractivity contribution >= 4 is 11.6 Å². The van der Waals surface area contributed by atoms with Gasteiger partial charge in [-0.25, -0.2) is 4.39 Å². The normalized spacial score (nSPS) is 12.8. The van der Waals surface area contributed by atoms with Gasteiger partial charge in [-0.2, -0.15) is 0 Å². The molecule has 0 heterocycles. The van der Waals surface area contributed by atoms with E-state index in [2.05, 4.69) is 0 Å². The van der Waals surface area contributed by atoms with Crippen molar-refractivity contribution in [3.8, 4) is 5.75 Å². The van der Waals surface area contributed by atoms with Crippen molar-refractivity contribution in [2.75, 3.05) is 13.2 Å². The molecule has 0 bridgehead atoms. The van der Waals surface area contributed by atoms with Gasteiger partial charge >= 0.3 is 0 Å². The van der Waals surface area contributed by atoms with E-state index in [0.717, 1.165) is 6.07 Å². The van der Waals surface area contributed by atoms with Crippen LogP contribution in [-0.4, -0.2) is 30.5 Å². The quantitative estimate of drug-likeness (QED) is 0.857. The van der Waals surface area contributed by atoms with Gasteiger partial charge in [-0.05, 0) is 32.0 Å². The number of benzene rings is 1. The third-order valence-corrected chi connectivity index (χ3v) is 2.24. The summed E-state index contributed by atoms with van der Waals surface area (Å²) in [4.78, 5) is 0. The van der Waals surface area contributed by atoms with Gasteiger partial charge in [0.2, 0.25) is 0 Å². The lowest BCUT2D eigenvalue weighted by Gasteiger charge is -2.15. The monoisotopic (exact) mass is 262 g/mol. The van der Waals surface area contributed by atoms with Crippen molar-refractivity contribution in [1.29, 1.82) is 0 Å². The summed E-state index contributed by atoms with van der Waals surface area (Å²) in [7, 11) is 0. The average molecular weight is 263 g/mol. The summed E-state index contributed by atoms with van der Waals surface area (Å²) in [6.07, 6.45) is -0.683. The number of hydrogen-bond donors (Lipinski definition) is 1. The maximum atomic E-state index is 12.7. The zero-order valence-electron chi connectivity index (χ0n) is 9.82. The Hall–Kier alpha value is -0.840. The van der Waals surface area contributed by atoms with Crippen molar-refractivity contribution in [3.05, 3.63) is 29.0 Å². The predicted molar refractivity (Wildman–Crippen MR) is 64.0 cm³/mol. The fraction of sp³-hybridized carbons (Fsp3) is 0.500. The van der Waals surface area contributed by atoms with Gasteiger partial charge in [0.05, 0.1) is 17.7 Å². The van der Waals surface area contributed by atoms with Gasteiger partial charge in [0.15, 0.2) is 0 Å². The Bertz CT molecular complexity index is 358. The van der Waals surface area contributed by atoms with Gasteiger partial charge in [-0.1, -0.05) is 11.6 Å². The number of rotatable bonds is 6. The highest BCUT2D eigenvalue weighted by Crippen LogP contribution is 2.24. The topological polar surface area (TPSA) is 38.7 Å². The Morgan fingerprint density at radius 2 is 2.06 bits per heavy atom. The van der Waals surface area contributed by atoms with E-state index in [4.69, 9.17) is 21.1 Å². The van der Waals surface area contributed by atoms with Crippen LogP contribution in [0.2, 0.25) is 5.02 Å². The molecule has 1 aromatic rings. The van der Waals surface area contributed by atoms with E-state index < -0.39 is 11.9 Å². The fourth-order valence-corrected chi connectivity index (χ4v) is 1.35. The molecule has 1 aromatic carbocycles. The van der Waals surface area contributed by atoms with Crippen molar-refractivity contribution < 1.29 is 19.0 Å². The molecule has 96 valence electrons. The molecule has 0 aromatic heterocycles. The molecule has 0 aliphatic carbocycles. The number of hydrogen-bond acceptors (Lipinski definition) is 3. The SMILES string of the molecule is CC(C)OC[C@@H](O)COc1ccc(F)cc1Cl. The molecule has 0 aliphatic rings. The Kier molecular flexibility index (Phi) is 5.68. The van der Waals surface area contributed by atoms with E-state index in [-0.39, 0.29) is 24.3 Å². The number of aliphatic hydroxyl groups excluding tert-OH is 1. The summed E-state index contributed by atoms with van der Waals surface area (Å²) >= 11 is 5.76. The van der Waals surface area contributed by atoms with Gasteiger partial charge in [0, 0.05) is 0 Å². The van der Waals surface area contributed by atoms with E-state index in [1.165, 1.54) is 12.1 Å². The smallest absolute Gasteiger partial charge is 0.138 e. The third-order valence-electron chi connectivity index (χ3n) is 1.95. The summed E-state index contributed by atoms with van der Waals surface area (Å²) in [6, 6.07) is 3.83. The molecule has 5 heteroatoms. The molecule has 1 atom stereocenters. The maximum Gasteiger partial charge on any atom is 0.138 e. The van der Waals surface area contributed by atoms with Crippen LogP contribution in [0.25, 0.3) is 0 Å². The number of aliphatic hydroxyl groups is 1. The van der Waals surface area contributed by atoms with Crippen LogP contribution in [-0.2, 0) is 4.74 Å². The second-order valence-corrected chi connectivity index (χ2v) is 4.33. The molecule has 0 saturated carbocycles. The van der Waals surface area contributed by atoms with Gasteiger partial charge in [-0.15, -0.1) is 0 Å². The minimum absolute atomic E-state index is 0.0536. The van der Waals surface area contributed by atoms with Crippen molar-refractivity contribution in [3.63, 3.8) is 0 Å². The predicted octanol–water partition coefficient (Wildman–Crippen LogP) is 2.64. The molecule has 3 nitrogen and oxygen atoms in total. The second-order valence-electron chi connectivity index (χ2n) is 3.92. The first-order valence-corrected chi connectivity index (χ1v) is 5.74. The summed E-state index contributed by atoms with van der Waals surface area (Å²) in [5, 5.41) is 9.72. The van der Waals surface area contributed by atoms with Crippen LogP contribution >= 0.6 is 11.6 Å². The molecule has 17 heavy (non-hydrogen) atoms. The lowest BCUT2D eigenvalue weighted by molar-refractivity contribution is -0.0122. The van der Waals surface area contributed by atoms with E-state index in [9.17, 15) is 9.50 Å². The Morgan fingerprint density at radius 3 is 2.65 bits per heavy atom. The lowest BCUT2D eigenvalue weighted by Crippen LogP contribution is -2.25. The van der Waals surface area contributed by atoms with Gasteiger partial charge in [-0.3, -0.25) is 0 Å². The molecule has 0 unspecified atom stereocenters. The number of ether oxygens (including phenoxy) is 2. The van der Waals surface area contributed by atoms with Gasteiger partial charge in [0.25, 0.3) is 0 Å². The highest BCUT2D eigenvalue weighted by molar-refractivity contribution is 6.32. The first kappa shape index (κ1) is 14.2. The van der Waals surface area contributed by atoms with E-state index in [0.29, 0.717) is 5.75 Å². The molecule has 0 spiro atoms. The largest absolute Gasteiger partial charge is 0.489 e. The van der Waals surface area contributed by atoms with E-state index in [1.54, 1.807) is 0 Å². The van der Waals surface area contributed by atoms with Crippen LogP contribution in [0.3, 0.4) is 0 Å². The van der Waals surface area contributed by atoms with Crippen LogP contribution in [0.4, 0.5) is 4.39 Å². The molecule has 0 radical (unpaired) electrons. The van der Waals surface area contributed by atoms with Crippen LogP contribution in [0.5, 0.6) is 5.75 Å². The summed E-state index contributed by atoms with van der Waals surface area (Å²) in [6.45, 7) is 4.00. The van der Waals surface area contributed by atoms with Crippen LogP contribution in [0.15, 0.2) is 18.2 Å². The third kappa shape index (κ3) is 5.35. The minimum Gasteiger partial charge on any atom is -0.489 e. The first-order valence-electron chi connectivity index (χ1n) is 5.36. The second kappa shape index (κ2) is 6.79. The van der Waals surface area contributed by atoms with Crippen molar-refractivity contribution in [1.82, 2.24) is 0 Å². The van der Waals surface area contributed by atoms with Crippen molar-refractivity contribution in [2.24, 2.45) is 0 Å². The minimum atomic E-state index is -0.737. The van der Waals surface area contributed by atoms with Crippen LogP contribution in [0, 0.1) is 5.82 Å². The maximum absolute atomic E-state index is 12.7. The summed E-state index contributed by atoms with van der Waals surface area (Å²) in [5.74, 6) is -0.0808. The Morgan fingerprint density at radius 1 is 1.35 bits per heavy atom. The highest BCUT2D eigenvalue weighted by atomic mass is 35.5. The molecule has 0 saturated heterocycles. The van der Waals surface area contributed by atoms with E-state index in [1.807, 2.05) is 13.8 Å². The molecule has 0 aliphatic heterocycles. The zero-order chi connectivity index (χ0) is 12.8. The Labute approximate surface area is 105 Å². The molecule has 0 amide bonds. The van der Waals surface area contributed by atoms with Crippen molar-refractivity contribution in [2.45, 2.75) is 26.1 Å². The van der Waals surface area contributed by atoms with Crippen LogP contribution in [0.1, 0.15) is 13.8 Å². The highest BCUT2D eigenvalue weighted by Gasteiger charge is 2.09. The zero-order valence-corrected chi connectivity index (χ0v) is 10.6. The number of halogens is 2. The molecule has 1 rings (SSSR count).